The second-order valence-corrected chi connectivity index (χ2v) is 7.79. The average molecular weight is 416 g/mol. The second kappa shape index (κ2) is 7.82. The molecule has 1 atom stereocenters. The van der Waals surface area contributed by atoms with Gasteiger partial charge in [0.2, 0.25) is 5.28 Å². The molecule has 1 unspecified atom stereocenters. The smallest absolute Gasteiger partial charge is 0.225 e. The molecule has 1 aliphatic heterocycles. The van der Waals surface area contributed by atoms with Gasteiger partial charge in [0, 0.05) is 18.2 Å². The van der Waals surface area contributed by atoms with Gasteiger partial charge in [-0.3, -0.25) is 0 Å². The van der Waals surface area contributed by atoms with Gasteiger partial charge >= 0.3 is 0 Å². The van der Waals surface area contributed by atoms with Gasteiger partial charge in [-0.25, -0.2) is 9.97 Å². The molecule has 0 bridgehead atoms. The Kier molecular flexibility index (Phi) is 5.03. The van der Waals surface area contributed by atoms with Crippen molar-refractivity contribution in [1.29, 1.82) is 0 Å². The van der Waals surface area contributed by atoms with E-state index < -0.39 is 0 Å². The van der Waals surface area contributed by atoms with Crippen LogP contribution in [-0.4, -0.2) is 35.6 Å². The highest BCUT2D eigenvalue weighted by Crippen LogP contribution is 2.41. The molecule has 5 rings (SSSR count). The summed E-state index contributed by atoms with van der Waals surface area (Å²) in [5.41, 5.74) is 0.690. The van der Waals surface area contributed by atoms with Crippen molar-refractivity contribution < 1.29 is 18.6 Å². The van der Waals surface area contributed by atoms with Crippen LogP contribution >= 0.6 is 11.6 Å². The molecule has 1 spiro atoms. The van der Waals surface area contributed by atoms with Gasteiger partial charge in [-0.15, -0.1) is 0 Å². The maximum Gasteiger partial charge on any atom is 0.225 e. The first-order chi connectivity index (χ1) is 14.2. The largest absolute Gasteiger partial charge is 0.491 e. The van der Waals surface area contributed by atoms with E-state index in [-0.39, 0.29) is 11.1 Å². The Morgan fingerprint density at radius 2 is 2.07 bits per heavy atom. The number of rotatable bonds is 6. The molecule has 2 fully saturated rings. The zero-order chi connectivity index (χ0) is 19.7. The van der Waals surface area contributed by atoms with E-state index in [1.807, 2.05) is 30.3 Å². The molecule has 3 aromatic rings. The van der Waals surface area contributed by atoms with E-state index in [2.05, 4.69) is 15.3 Å². The molecule has 3 heterocycles. The van der Waals surface area contributed by atoms with Crippen LogP contribution in [0.15, 0.2) is 41.0 Å². The molecule has 2 aromatic heterocycles. The number of anilines is 1. The molecule has 152 valence electrons. The van der Waals surface area contributed by atoms with E-state index in [0.717, 1.165) is 30.4 Å². The first kappa shape index (κ1) is 18.7. The van der Waals surface area contributed by atoms with Gasteiger partial charge in [0.1, 0.15) is 22.8 Å². The van der Waals surface area contributed by atoms with Crippen molar-refractivity contribution in [2.24, 2.45) is 5.92 Å². The van der Waals surface area contributed by atoms with Crippen LogP contribution in [-0.2, 0) is 16.0 Å². The summed E-state index contributed by atoms with van der Waals surface area (Å²) in [4.78, 5) is 8.75. The SMILES string of the molecule is Clc1nc(NCc2ccco2)c2cccc(OCC3CCC4(C3)OCCO4)c2n1. The van der Waals surface area contributed by atoms with Gasteiger partial charge in [0.05, 0.1) is 32.6 Å². The number of nitrogens with zero attached hydrogens (tertiary/aromatic N) is 2. The molecule has 29 heavy (non-hydrogen) atoms. The minimum Gasteiger partial charge on any atom is -0.491 e. The Hall–Kier alpha value is -2.35. The van der Waals surface area contributed by atoms with Gasteiger partial charge in [-0.05, 0) is 48.2 Å². The fourth-order valence-electron chi connectivity index (χ4n) is 4.11. The van der Waals surface area contributed by atoms with Gasteiger partial charge in [-0.1, -0.05) is 6.07 Å². The fraction of sp³-hybridized carbons (Fsp3) is 0.429. The molecule has 1 saturated carbocycles. The third kappa shape index (κ3) is 3.90. The molecule has 1 aliphatic carbocycles. The first-order valence-electron chi connectivity index (χ1n) is 9.84. The first-order valence-corrected chi connectivity index (χ1v) is 10.2. The van der Waals surface area contributed by atoms with Crippen LogP contribution in [0.25, 0.3) is 10.9 Å². The van der Waals surface area contributed by atoms with Crippen LogP contribution in [0.4, 0.5) is 5.82 Å². The predicted octanol–water partition coefficient (Wildman–Crippen LogP) is 4.41. The molecule has 8 heteroatoms. The fourth-order valence-corrected chi connectivity index (χ4v) is 4.28. The molecule has 2 aliphatic rings. The second-order valence-electron chi connectivity index (χ2n) is 7.45. The minimum absolute atomic E-state index is 0.170. The lowest BCUT2D eigenvalue weighted by molar-refractivity contribution is -0.153. The van der Waals surface area contributed by atoms with Crippen molar-refractivity contribution >= 4 is 28.3 Å². The van der Waals surface area contributed by atoms with Crippen LogP contribution in [0.2, 0.25) is 5.28 Å². The lowest BCUT2D eigenvalue weighted by Gasteiger charge is -2.21. The van der Waals surface area contributed by atoms with Crippen LogP contribution in [0.3, 0.4) is 0 Å². The summed E-state index contributed by atoms with van der Waals surface area (Å²) < 4.78 is 23.2. The van der Waals surface area contributed by atoms with Crippen molar-refractivity contribution in [2.75, 3.05) is 25.1 Å². The molecule has 1 saturated heterocycles. The summed E-state index contributed by atoms with van der Waals surface area (Å²) in [6.45, 7) is 2.45. The zero-order valence-corrected chi connectivity index (χ0v) is 16.7. The number of hydrogen-bond acceptors (Lipinski definition) is 7. The van der Waals surface area contributed by atoms with E-state index in [4.69, 9.17) is 30.2 Å². The lowest BCUT2D eigenvalue weighted by Crippen LogP contribution is -2.26. The highest BCUT2D eigenvalue weighted by atomic mass is 35.5. The van der Waals surface area contributed by atoms with E-state index in [9.17, 15) is 0 Å². The van der Waals surface area contributed by atoms with Crippen molar-refractivity contribution in [3.05, 3.63) is 47.6 Å². The third-order valence-electron chi connectivity index (χ3n) is 5.49. The van der Waals surface area contributed by atoms with Crippen LogP contribution < -0.4 is 10.1 Å². The van der Waals surface area contributed by atoms with Gasteiger partial charge < -0.3 is 23.9 Å². The number of hydrogen-bond donors (Lipinski definition) is 1. The number of nitrogens with one attached hydrogen (secondary N) is 1. The van der Waals surface area contributed by atoms with Crippen molar-refractivity contribution in [3.63, 3.8) is 0 Å². The molecule has 7 nitrogen and oxygen atoms in total. The predicted molar refractivity (Wildman–Crippen MR) is 108 cm³/mol. The lowest BCUT2D eigenvalue weighted by atomic mass is 10.1. The Balaban J connectivity index is 1.33. The zero-order valence-electron chi connectivity index (χ0n) is 15.9. The number of ether oxygens (including phenoxy) is 3. The normalized spacial score (nSPS) is 20.5. The standard InChI is InChI=1S/C21H22ClN3O4/c22-20-24-18-16(19(25-20)23-12-15-3-2-8-26-15)4-1-5-17(18)27-13-14-6-7-21(11-14)28-9-10-29-21/h1-5,8,14H,6-7,9-13H2,(H,23,24,25). The summed E-state index contributed by atoms with van der Waals surface area (Å²) in [6.07, 6.45) is 4.45. The molecular weight excluding hydrogens is 394 g/mol. The van der Waals surface area contributed by atoms with Gasteiger partial charge in [0.15, 0.2) is 5.79 Å². The van der Waals surface area contributed by atoms with Gasteiger partial charge in [-0.2, -0.15) is 0 Å². The maximum atomic E-state index is 6.19. The number of furan rings is 1. The number of para-hydroxylation sites is 1. The number of fused-ring (bicyclic) bond motifs is 1. The number of halogens is 1. The van der Waals surface area contributed by atoms with E-state index in [0.29, 0.717) is 49.4 Å². The highest BCUT2D eigenvalue weighted by molar-refractivity contribution is 6.29. The summed E-state index contributed by atoms with van der Waals surface area (Å²) in [7, 11) is 0. The van der Waals surface area contributed by atoms with E-state index in [1.54, 1.807) is 6.26 Å². The van der Waals surface area contributed by atoms with Gasteiger partial charge in [0.25, 0.3) is 0 Å². The van der Waals surface area contributed by atoms with Crippen LogP contribution in [0, 0.1) is 5.92 Å². The van der Waals surface area contributed by atoms with Crippen LogP contribution in [0.1, 0.15) is 25.0 Å². The maximum absolute atomic E-state index is 6.19. The number of benzene rings is 1. The number of aromatic nitrogens is 2. The molecule has 1 N–H and O–H groups in total. The minimum atomic E-state index is -0.388. The molecule has 1 aromatic carbocycles. The highest BCUT2D eigenvalue weighted by Gasteiger charge is 2.44. The Morgan fingerprint density at radius 1 is 1.17 bits per heavy atom. The summed E-state index contributed by atoms with van der Waals surface area (Å²) in [5, 5.41) is 4.29. The molecular formula is C21H22ClN3O4. The van der Waals surface area contributed by atoms with E-state index >= 15 is 0 Å². The Morgan fingerprint density at radius 3 is 2.90 bits per heavy atom. The summed E-state index contributed by atoms with van der Waals surface area (Å²) in [5.74, 6) is 2.15. The topological polar surface area (TPSA) is 78.6 Å². The van der Waals surface area contributed by atoms with Crippen molar-refractivity contribution in [1.82, 2.24) is 9.97 Å². The van der Waals surface area contributed by atoms with Crippen LogP contribution in [0.5, 0.6) is 5.75 Å². The Labute approximate surface area is 173 Å². The monoisotopic (exact) mass is 415 g/mol. The average Bonchev–Trinajstić information content (AvgIpc) is 3.48. The van der Waals surface area contributed by atoms with E-state index in [1.165, 1.54) is 0 Å². The van der Waals surface area contributed by atoms with Crippen molar-refractivity contribution in [2.45, 2.75) is 31.6 Å². The third-order valence-corrected chi connectivity index (χ3v) is 5.66. The Bertz CT molecular complexity index is 989. The molecule has 0 radical (unpaired) electrons. The quantitative estimate of drug-likeness (QED) is 0.597. The molecule has 0 amide bonds. The van der Waals surface area contributed by atoms with Crippen molar-refractivity contribution in [3.8, 4) is 5.75 Å². The summed E-state index contributed by atoms with van der Waals surface area (Å²) in [6, 6.07) is 9.55. The summed E-state index contributed by atoms with van der Waals surface area (Å²) >= 11 is 6.19.